The molecule has 0 radical (unpaired) electrons. The van der Waals surface area contributed by atoms with Crippen LogP contribution in [0.5, 0.6) is 0 Å². The minimum atomic E-state index is -2.81. The first-order valence-corrected chi connectivity index (χ1v) is 10.3. The van der Waals surface area contributed by atoms with E-state index in [1.165, 1.54) is 6.42 Å². The second-order valence-electron chi connectivity index (χ2n) is 7.82. The average Bonchev–Trinajstić information content (AvgIpc) is 2.71. The fourth-order valence-electron chi connectivity index (χ4n) is 3.85. The van der Waals surface area contributed by atoms with Gasteiger partial charge in [0, 0.05) is 26.2 Å². The summed E-state index contributed by atoms with van der Waals surface area (Å²) in [6, 6.07) is 0. The van der Waals surface area contributed by atoms with Crippen LogP contribution < -0.4 is 5.32 Å². The molecule has 2 fully saturated rings. The molecule has 2 saturated heterocycles. The summed E-state index contributed by atoms with van der Waals surface area (Å²) in [5.41, 5.74) is 0.296. The molecule has 0 saturated carbocycles. The van der Waals surface area contributed by atoms with Crippen LogP contribution in [0.4, 0.5) is 0 Å². The zero-order valence-electron chi connectivity index (χ0n) is 14.8. The van der Waals surface area contributed by atoms with Gasteiger partial charge in [0.05, 0.1) is 11.5 Å². The highest BCUT2D eigenvalue weighted by atomic mass is 127. The van der Waals surface area contributed by atoms with Crippen molar-refractivity contribution in [3.8, 4) is 0 Å². The third-order valence-corrected chi connectivity index (χ3v) is 6.35. The van der Waals surface area contributed by atoms with Crippen molar-refractivity contribution in [2.45, 2.75) is 40.5 Å². The molecular formula is C16H32IN3O2S. The second-order valence-corrected chi connectivity index (χ2v) is 10.0. The van der Waals surface area contributed by atoms with E-state index in [4.69, 9.17) is 4.99 Å². The number of piperidine rings is 1. The van der Waals surface area contributed by atoms with Crippen molar-refractivity contribution in [1.29, 1.82) is 0 Å². The highest BCUT2D eigenvalue weighted by molar-refractivity contribution is 14.0. The maximum atomic E-state index is 11.6. The summed E-state index contributed by atoms with van der Waals surface area (Å²) in [7, 11) is -2.81. The molecule has 0 aromatic heterocycles. The zero-order valence-corrected chi connectivity index (χ0v) is 18.0. The summed E-state index contributed by atoms with van der Waals surface area (Å²) >= 11 is 0. The van der Waals surface area contributed by atoms with Gasteiger partial charge in [-0.3, -0.25) is 4.99 Å². The monoisotopic (exact) mass is 457 g/mol. The summed E-state index contributed by atoms with van der Waals surface area (Å²) in [4.78, 5) is 7.10. The first-order chi connectivity index (χ1) is 10.2. The van der Waals surface area contributed by atoms with Crippen LogP contribution in [0.3, 0.4) is 0 Å². The van der Waals surface area contributed by atoms with Gasteiger partial charge in [-0.15, -0.1) is 24.0 Å². The lowest BCUT2D eigenvalue weighted by atomic mass is 9.79. The molecule has 0 spiro atoms. The molecule has 1 N–H and O–H groups in total. The summed E-state index contributed by atoms with van der Waals surface area (Å²) in [5, 5.41) is 3.38. The highest BCUT2D eigenvalue weighted by Gasteiger charge is 2.32. The highest BCUT2D eigenvalue weighted by Crippen LogP contribution is 2.32. The Labute approximate surface area is 158 Å². The molecule has 2 aliphatic heterocycles. The number of nitrogens with zero attached hydrogens (tertiary/aromatic N) is 2. The Morgan fingerprint density at radius 1 is 1.39 bits per heavy atom. The van der Waals surface area contributed by atoms with E-state index in [0.29, 0.717) is 29.4 Å². The third kappa shape index (κ3) is 6.40. The van der Waals surface area contributed by atoms with E-state index >= 15 is 0 Å². The maximum Gasteiger partial charge on any atom is 0.193 e. The van der Waals surface area contributed by atoms with Gasteiger partial charge in [-0.25, -0.2) is 8.42 Å². The first kappa shape index (κ1) is 21.0. The molecule has 7 heteroatoms. The largest absolute Gasteiger partial charge is 0.357 e. The van der Waals surface area contributed by atoms with E-state index in [0.717, 1.165) is 32.0 Å². The molecule has 5 nitrogen and oxygen atoms in total. The van der Waals surface area contributed by atoms with Gasteiger partial charge in [0.25, 0.3) is 0 Å². The molecular weight excluding hydrogens is 425 g/mol. The van der Waals surface area contributed by atoms with Crippen molar-refractivity contribution in [1.82, 2.24) is 10.2 Å². The molecule has 2 aliphatic rings. The number of aliphatic imine (C=N–C) groups is 1. The molecule has 2 rings (SSSR count). The van der Waals surface area contributed by atoms with Crippen molar-refractivity contribution >= 4 is 39.8 Å². The Hall–Kier alpha value is -0.0500. The number of hydrogen-bond acceptors (Lipinski definition) is 3. The van der Waals surface area contributed by atoms with E-state index < -0.39 is 9.84 Å². The number of halogens is 1. The van der Waals surface area contributed by atoms with E-state index in [1.807, 2.05) is 0 Å². The summed E-state index contributed by atoms with van der Waals surface area (Å²) in [6.45, 7) is 12.5. The van der Waals surface area contributed by atoms with Crippen LogP contribution in [0.1, 0.15) is 40.5 Å². The van der Waals surface area contributed by atoms with Gasteiger partial charge in [-0.1, -0.05) is 20.8 Å². The fourth-order valence-corrected chi connectivity index (χ4v) is 5.70. The van der Waals surface area contributed by atoms with Gasteiger partial charge >= 0.3 is 0 Å². The Balaban J connectivity index is 0.00000264. The summed E-state index contributed by atoms with van der Waals surface area (Å²) < 4.78 is 23.1. The molecule has 0 aromatic rings. The SMILES string of the molecule is CCNC(=NCC1CCS(=O)(=O)C1)N1CC(C)CC(C)(C)C1.I. The van der Waals surface area contributed by atoms with Crippen LogP contribution in [0.2, 0.25) is 0 Å². The smallest absolute Gasteiger partial charge is 0.193 e. The molecule has 0 bridgehead atoms. The van der Waals surface area contributed by atoms with Crippen LogP contribution in [0.25, 0.3) is 0 Å². The molecule has 23 heavy (non-hydrogen) atoms. The van der Waals surface area contributed by atoms with Crippen LogP contribution in [0.15, 0.2) is 4.99 Å². The van der Waals surface area contributed by atoms with Gasteiger partial charge in [0.1, 0.15) is 0 Å². The van der Waals surface area contributed by atoms with Gasteiger partial charge < -0.3 is 10.2 Å². The molecule has 0 aliphatic carbocycles. The van der Waals surface area contributed by atoms with Crippen LogP contribution in [0, 0.1) is 17.3 Å². The standard InChI is InChI=1S/C16H31N3O2S.HI/c1-5-17-15(18-9-14-6-7-22(20,21)11-14)19-10-13(2)8-16(3,4)12-19;/h13-14H,5-12H2,1-4H3,(H,17,18);1H. The minimum absolute atomic E-state index is 0. The number of likely N-dealkylation sites (tertiary alicyclic amines) is 1. The van der Waals surface area contributed by atoms with E-state index in [2.05, 4.69) is 37.9 Å². The van der Waals surface area contributed by atoms with Crippen molar-refractivity contribution in [2.24, 2.45) is 22.2 Å². The average molecular weight is 457 g/mol. The van der Waals surface area contributed by atoms with Gasteiger partial charge in [-0.05, 0) is 37.0 Å². The maximum absolute atomic E-state index is 11.6. The predicted octanol–water partition coefficient (Wildman–Crippen LogP) is 2.37. The quantitative estimate of drug-likeness (QED) is 0.402. The van der Waals surface area contributed by atoms with Crippen LogP contribution >= 0.6 is 24.0 Å². The predicted molar refractivity (Wildman–Crippen MR) is 107 cm³/mol. The fraction of sp³-hybridized carbons (Fsp3) is 0.938. The molecule has 2 atom stereocenters. The minimum Gasteiger partial charge on any atom is -0.357 e. The number of hydrogen-bond donors (Lipinski definition) is 1. The van der Waals surface area contributed by atoms with Crippen molar-refractivity contribution in [2.75, 3.05) is 37.7 Å². The zero-order chi connectivity index (χ0) is 16.4. The molecule has 0 amide bonds. The molecule has 136 valence electrons. The van der Waals surface area contributed by atoms with Gasteiger partial charge in [-0.2, -0.15) is 0 Å². The number of sulfone groups is 1. The Kier molecular flexibility index (Phi) is 7.63. The van der Waals surface area contributed by atoms with Crippen molar-refractivity contribution in [3.63, 3.8) is 0 Å². The van der Waals surface area contributed by atoms with E-state index in [1.54, 1.807) is 0 Å². The van der Waals surface area contributed by atoms with Gasteiger partial charge in [0.2, 0.25) is 0 Å². The summed E-state index contributed by atoms with van der Waals surface area (Å²) in [5.74, 6) is 2.43. The first-order valence-electron chi connectivity index (χ1n) is 8.44. The third-order valence-electron chi connectivity index (χ3n) is 4.51. The van der Waals surface area contributed by atoms with Crippen molar-refractivity contribution in [3.05, 3.63) is 0 Å². The lowest BCUT2D eigenvalue weighted by molar-refractivity contribution is 0.129. The summed E-state index contributed by atoms with van der Waals surface area (Å²) in [6.07, 6.45) is 2.00. The lowest BCUT2D eigenvalue weighted by Gasteiger charge is -2.43. The Morgan fingerprint density at radius 2 is 2.09 bits per heavy atom. The molecule has 2 unspecified atom stereocenters. The normalized spacial score (nSPS) is 29.9. The number of nitrogens with one attached hydrogen (secondary N) is 1. The van der Waals surface area contributed by atoms with E-state index in [-0.39, 0.29) is 29.9 Å². The molecule has 0 aromatic carbocycles. The topological polar surface area (TPSA) is 61.8 Å². The van der Waals surface area contributed by atoms with Gasteiger partial charge in [0.15, 0.2) is 15.8 Å². The Morgan fingerprint density at radius 3 is 2.61 bits per heavy atom. The Bertz CT molecular complexity index is 519. The number of rotatable bonds is 3. The van der Waals surface area contributed by atoms with Crippen molar-refractivity contribution < 1.29 is 8.42 Å². The van der Waals surface area contributed by atoms with E-state index in [9.17, 15) is 8.42 Å². The lowest BCUT2D eigenvalue weighted by Crippen LogP contribution is -2.51. The number of guanidine groups is 1. The second kappa shape index (κ2) is 8.36. The van der Waals surface area contributed by atoms with Crippen LogP contribution in [-0.2, 0) is 9.84 Å². The molecule has 2 heterocycles. The van der Waals surface area contributed by atoms with Crippen LogP contribution in [-0.4, -0.2) is 57.0 Å².